The van der Waals surface area contributed by atoms with Gasteiger partial charge in [0.15, 0.2) is 6.29 Å². The summed E-state index contributed by atoms with van der Waals surface area (Å²) in [6.45, 7) is 0. The van der Waals surface area contributed by atoms with E-state index in [1.54, 1.807) is 11.3 Å². The lowest BCUT2D eigenvalue weighted by Gasteiger charge is -1.85. The summed E-state index contributed by atoms with van der Waals surface area (Å²) in [6, 6.07) is 3.82. The number of aldehydes is 1. The number of rotatable bonds is 2. The first-order valence-electron chi connectivity index (χ1n) is 3.56. The van der Waals surface area contributed by atoms with E-state index >= 15 is 0 Å². The molecule has 5 heteroatoms. The van der Waals surface area contributed by atoms with Crippen LogP contribution in [0.5, 0.6) is 0 Å². The van der Waals surface area contributed by atoms with Crippen molar-refractivity contribution in [3.05, 3.63) is 28.4 Å². The highest BCUT2D eigenvalue weighted by molar-refractivity contribution is 7.13. The molecule has 2 aromatic heterocycles. The number of H-pyrrole nitrogens is 1. The topological polar surface area (TPSA) is 45.8 Å². The number of halogens is 1. The molecule has 0 amide bonds. The molecular formula is C8H5ClN2OS. The molecule has 0 saturated heterocycles. The van der Waals surface area contributed by atoms with Gasteiger partial charge in [-0.25, -0.2) is 4.98 Å². The van der Waals surface area contributed by atoms with Crippen LogP contribution in [-0.4, -0.2) is 16.3 Å². The highest BCUT2D eigenvalue weighted by atomic mass is 35.5. The van der Waals surface area contributed by atoms with Gasteiger partial charge in [-0.3, -0.25) is 4.79 Å². The molecule has 0 aliphatic heterocycles. The van der Waals surface area contributed by atoms with E-state index < -0.39 is 0 Å². The molecule has 0 aliphatic rings. The van der Waals surface area contributed by atoms with Gasteiger partial charge in [-0.05, 0) is 11.4 Å². The monoisotopic (exact) mass is 212 g/mol. The van der Waals surface area contributed by atoms with E-state index in [1.807, 2.05) is 17.5 Å². The maximum atomic E-state index is 10.4. The summed E-state index contributed by atoms with van der Waals surface area (Å²) in [7, 11) is 0. The Hall–Kier alpha value is -1.13. The summed E-state index contributed by atoms with van der Waals surface area (Å²) in [5.41, 5.74) is 0.255. The predicted molar refractivity (Wildman–Crippen MR) is 52.3 cm³/mol. The number of nitrogens with zero attached hydrogens (tertiary/aromatic N) is 1. The standard InChI is InChI=1S/C8H5ClN2OS/c9-7-5(4-12)10-8(11-7)6-2-1-3-13-6/h1-4H,(H,10,11). The predicted octanol–water partition coefficient (Wildman–Crippen LogP) is 2.60. The fourth-order valence-electron chi connectivity index (χ4n) is 0.974. The summed E-state index contributed by atoms with van der Waals surface area (Å²) in [5.74, 6) is 0.641. The summed E-state index contributed by atoms with van der Waals surface area (Å²) in [6.07, 6.45) is 0.635. The van der Waals surface area contributed by atoms with Crippen LogP contribution < -0.4 is 0 Å². The Morgan fingerprint density at radius 3 is 3.00 bits per heavy atom. The average molecular weight is 213 g/mol. The molecular weight excluding hydrogens is 208 g/mol. The Labute approximate surface area is 83.4 Å². The molecule has 2 aromatic rings. The van der Waals surface area contributed by atoms with Crippen molar-refractivity contribution in [1.82, 2.24) is 9.97 Å². The zero-order valence-corrected chi connectivity index (χ0v) is 8.02. The molecule has 66 valence electrons. The summed E-state index contributed by atoms with van der Waals surface area (Å²) >= 11 is 7.26. The molecule has 2 rings (SSSR count). The Balaban J connectivity index is 2.48. The smallest absolute Gasteiger partial charge is 0.171 e. The summed E-state index contributed by atoms with van der Waals surface area (Å²) in [4.78, 5) is 18.3. The van der Waals surface area contributed by atoms with Gasteiger partial charge in [0.25, 0.3) is 0 Å². The molecule has 13 heavy (non-hydrogen) atoms. The van der Waals surface area contributed by atoms with Crippen molar-refractivity contribution in [3.63, 3.8) is 0 Å². The SMILES string of the molecule is O=Cc1nc(-c2cccs2)[nH]c1Cl. The third-order valence-corrected chi connectivity index (χ3v) is 2.72. The normalized spacial score (nSPS) is 10.2. The van der Waals surface area contributed by atoms with Crippen molar-refractivity contribution in [2.24, 2.45) is 0 Å². The fourth-order valence-corrected chi connectivity index (χ4v) is 1.82. The number of hydrogen-bond acceptors (Lipinski definition) is 3. The zero-order chi connectivity index (χ0) is 9.26. The lowest BCUT2D eigenvalue weighted by atomic mass is 10.4. The van der Waals surface area contributed by atoms with Gasteiger partial charge in [-0.15, -0.1) is 11.3 Å². The quantitative estimate of drug-likeness (QED) is 0.778. The summed E-state index contributed by atoms with van der Waals surface area (Å²) < 4.78 is 0. The second kappa shape index (κ2) is 3.32. The van der Waals surface area contributed by atoms with Crippen LogP contribution in [0.3, 0.4) is 0 Å². The lowest BCUT2D eigenvalue weighted by molar-refractivity contribution is 0.111. The Bertz CT molecular complexity index is 421. The molecule has 0 bridgehead atoms. The number of imidazole rings is 1. The van der Waals surface area contributed by atoms with E-state index in [1.165, 1.54) is 0 Å². The Morgan fingerprint density at radius 2 is 2.46 bits per heavy atom. The minimum Gasteiger partial charge on any atom is -0.328 e. The van der Waals surface area contributed by atoms with E-state index in [4.69, 9.17) is 11.6 Å². The minimum absolute atomic E-state index is 0.255. The van der Waals surface area contributed by atoms with Crippen molar-refractivity contribution in [2.45, 2.75) is 0 Å². The van der Waals surface area contributed by atoms with Crippen LogP contribution in [0, 0.1) is 0 Å². The molecule has 0 saturated carbocycles. The first kappa shape index (κ1) is 8.47. The lowest BCUT2D eigenvalue weighted by Crippen LogP contribution is -1.78. The van der Waals surface area contributed by atoms with Gasteiger partial charge in [0.05, 0.1) is 4.88 Å². The highest BCUT2D eigenvalue weighted by Gasteiger charge is 2.08. The second-order valence-electron chi connectivity index (χ2n) is 2.38. The van der Waals surface area contributed by atoms with Gasteiger partial charge in [0.1, 0.15) is 16.7 Å². The Morgan fingerprint density at radius 1 is 1.62 bits per heavy atom. The van der Waals surface area contributed by atoms with E-state index in [0.717, 1.165) is 4.88 Å². The molecule has 2 heterocycles. The van der Waals surface area contributed by atoms with E-state index in [9.17, 15) is 4.79 Å². The number of aromatic nitrogens is 2. The molecule has 0 fully saturated rings. The van der Waals surface area contributed by atoms with Crippen LogP contribution in [0.15, 0.2) is 17.5 Å². The molecule has 3 nitrogen and oxygen atoms in total. The minimum atomic E-state index is 0.255. The van der Waals surface area contributed by atoms with Gasteiger partial charge in [0, 0.05) is 0 Å². The van der Waals surface area contributed by atoms with Crippen molar-refractivity contribution >= 4 is 29.2 Å². The molecule has 0 aromatic carbocycles. The van der Waals surface area contributed by atoms with E-state index in [-0.39, 0.29) is 5.69 Å². The largest absolute Gasteiger partial charge is 0.328 e. The van der Waals surface area contributed by atoms with Crippen LogP contribution in [0.25, 0.3) is 10.7 Å². The first-order valence-corrected chi connectivity index (χ1v) is 4.81. The van der Waals surface area contributed by atoms with Crippen molar-refractivity contribution in [3.8, 4) is 10.7 Å². The van der Waals surface area contributed by atoms with Crippen LogP contribution in [0.4, 0.5) is 0 Å². The molecule has 0 spiro atoms. The number of carbonyl (C=O) groups is 1. The third-order valence-electron chi connectivity index (χ3n) is 1.55. The number of carbonyl (C=O) groups excluding carboxylic acids is 1. The van der Waals surface area contributed by atoms with Crippen molar-refractivity contribution < 1.29 is 4.79 Å². The van der Waals surface area contributed by atoms with E-state index in [0.29, 0.717) is 17.3 Å². The molecule has 1 N–H and O–H groups in total. The fraction of sp³-hybridized carbons (Fsp3) is 0. The van der Waals surface area contributed by atoms with Gasteiger partial charge in [0.2, 0.25) is 0 Å². The molecule has 0 unspecified atom stereocenters. The Kier molecular flexibility index (Phi) is 2.16. The van der Waals surface area contributed by atoms with Gasteiger partial charge in [-0.1, -0.05) is 17.7 Å². The van der Waals surface area contributed by atoms with Crippen molar-refractivity contribution in [2.75, 3.05) is 0 Å². The third kappa shape index (κ3) is 1.50. The molecule has 0 atom stereocenters. The zero-order valence-electron chi connectivity index (χ0n) is 6.45. The van der Waals surface area contributed by atoms with Crippen molar-refractivity contribution in [1.29, 1.82) is 0 Å². The molecule has 0 aliphatic carbocycles. The van der Waals surface area contributed by atoms with Gasteiger partial charge < -0.3 is 4.98 Å². The van der Waals surface area contributed by atoms with Crippen LogP contribution in [0.2, 0.25) is 5.15 Å². The van der Waals surface area contributed by atoms with Gasteiger partial charge in [-0.2, -0.15) is 0 Å². The van der Waals surface area contributed by atoms with Crippen LogP contribution >= 0.6 is 22.9 Å². The maximum absolute atomic E-state index is 10.4. The highest BCUT2D eigenvalue weighted by Crippen LogP contribution is 2.24. The number of thiophene rings is 1. The van der Waals surface area contributed by atoms with E-state index in [2.05, 4.69) is 9.97 Å². The maximum Gasteiger partial charge on any atom is 0.171 e. The van der Waals surface area contributed by atoms with Crippen LogP contribution in [0.1, 0.15) is 10.5 Å². The number of nitrogens with one attached hydrogen (secondary N) is 1. The number of aromatic amines is 1. The van der Waals surface area contributed by atoms with Crippen LogP contribution in [-0.2, 0) is 0 Å². The van der Waals surface area contributed by atoms with Gasteiger partial charge >= 0.3 is 0 Å². The summed E-state index contributed by atoms with van der Waals surface area (Å²) in [5, 5.41) is 2.23. The first-order chi connectivity index (χ1) is 6.31. The second-order valence-corrected chi connectivity index (χ2v) is 3.71. The number of hydrogen-bond donors (Lipinski definition) is 1. The molecule has 0 radical (unpaired) electrons. The average Bonchev–Trinajstić information content (AvgIpc) is 2.71.